The lowest BCUT2D eigenvalue weighted by Gasteiger charge is -2.18. The van der Waals surface area contributed by atoms with Crippen LogP contribution in [0.2, 0.25) is 5.02 Å². The maximum absolute atomic E-state index is 12.6. The summed E-state index contributed by atoms with van der Waals surface area (Å²) in [6, 6.07) is 3.63. The number of nitrogens with one attached hydrogen (secondary N) is 1. The normalized spacial score (nSPS) is 15.7. The number of benzene rings is 1. The molecule has 0 bridgehead atoms. The van der Waals surface area contributed by atoms with Crippen LogP contribution in [-0.2, 0) is 17.6 Å². The zero-order chi connectivity index (χ0) is 19.7. The largest absolute Gasteiger partial charge is 0.465 e. The van der Waals surface area contributed by atoms with Gasteiger partial charge in [-0.15, -0.1) is 11.3 Å². The molecule has 1 atom stereocenters. The fraction of sp³-hybridized carbons (Fsp3) is 0.333. The number of nitro groups is 1. The molecule has 1 amide bonds. The van der Waals surface area contributed by atoms with E-state index < -0.39 is 16.8 Å². The van der Waals surface area contributed by atoms with Gasteiger partial charge in [-0.25, -0.2) is 4.79 Å². The number of thiophene rings is 1. The molecular weight excluding hydrogens is 392 g/mol. The lowest BCUT2D eigenvalue weighted by Crippen LogP contribution is -2.16. The van der Waals surface area contributed by atoms with E-state index in [1.165, 1.54) is 30.6 Å². The van der Waals surface area contributed by atoms with Gasteiger partial charge in [0.15, 0.2) is 0 Å². The van der Waals surface area contributed by atoms with Crippen LogP contribution in [0.4, 0.5) is 10.7 Å². The van der Waals surface area contributed by atoms with Crippen molar-refractivity contribution in [2.75, 3.05) is 12.4 Å². The number of non-ortho nitro benzene ring substituents is 1. The van der Waals surface area contributed by atoms with Gasteiger partial charge in [-0.3, -0.25) is 14.9 Å². The molecule has 2 aromatic rings. The molecule has 0 saturated heterocycles. The van der Waals surface area contributed by atoms with Crippen LogP contribution in [0.5, 0.6) is 0 Å². The summed E-state index contributed by atoms with van der Waals surface area (Å²) >= 11 is 7.39. The van der Waals surface area contributed by atoms with Gasteiger partial charge in [0.25, 0.3) is 11.6 Å². The molecule has 1 aromatic heterocycles. The van der Waals surface area contributed by atoms with E-state index in [0.717, 1.165) is 35.8 Å². The number of hydrogen-bond donors (Lipinski definition) is 1. The predicted octanol–water partition coefficient (Wildman–Crippen LogP) is 4.47. The molecule has 1 N–H and O–H groups in total. The van der Waals surface area contributed by atoms with Gasteiger partial charge >= 0.3 is 5.97 Å². The molecule has 9 heteroatoms. The van der Waals surface area contributed by atoms with Crippen molar-refractivity contribution in [2.45, 2.75) is 26.2 Å². The first-order chi connectivity index (χ1) is 12.8. The fourth-order valence-electron chi connectivity index (χ4n) is 3.13. The van der Waals surface area contributed by atoms with Crippen molar-refractivity contribution in [3.8, 4) is 0 Å². The summed E-state index contributed by atoms with van der Waals surface area (Å²) in [7, 11) is 1.30. The van der Waals surface area contributed by atoms with Crippen LogP contribution in [0.25, 0.3) is 0 Å². The van der Waals surface area contributed by atoms with Gasteiger partial charge in [-0.05, 0) is 36.8 Å². The van der Waals surface area contributed by atoms with Crippen molar-refractivity contribution >= 4 is 45.5 Å². The highest BCUT2D eigenvalue weighted by atomic mass is 35.5. The van der Waals surface area contributed by atoms with E-state index in [2.05, 4.69) is 12.2 Å². The number of nitrogens with zero attached hydrogens (tertiary/aromatic N) is 1. The number of hydrogen-bond acceptors (Lipinski definition) is 6. The zero-order valence-electron chi connectivity index (χ0n) is 14.7. The zero-order valence-corrected chi connectivity index (χ0v) is 16.3. The highest BCUT2D eigenvalue weighted by molar-refractivity contribution is 7.17. The van der Waals surface area contributed by atoms with E-state index >= 15 is 0 Å². The number of rotatable bonds is 4. The number of methoxy groups -OCH3 is 1. The predicted molar refractivity (Wildman–Crippen MR) is 103 cm³/mol. The molecule has 0 radical (unpaired) electrons. The number of esters is 1. The molecule has 3 rings (SSSR count). The third-order valence-electron chi connectivity index (χ3n) is 4.54. The average Bonchev–Trinajstić information content (AvgIpc) is 2.97. The second-order valence-corrected chi connectivity index (χ2v) is 7.94. The highest BCUT2D eigenvalue weighted by Gasteiger charge is 2.29. The molecule has 27 heavy (non-hydrogen) atoms. The van der Waals surface area contributed by atoms with Gasteiger partial charge < -0.3 is 10.1 Å². The van der Waals surface area contributed by atoms with Crippen molar-refractivity contribution in [2.24, 2.45) is 5.92 Å². The molecular formula is C18H17ClN2O5S. The smallest absolute Gasteiger partial charge is 0.341 e. The minimum absolute atomic E-state index is 0.0312. The number of anilines is 1. The number of amides is 1. The van der Waals surface area contributed by atoms with E-state index in [0.29, 0.717) is 16.5 Å². The summed E-state index contributed by atoms with van der Waals surface area (Å²) in [6.07, 6.45) is 2.57. The number of ether oxygens (including phenoxy) is 1. The molecule has 1 aliphatic carbocycles. The van der Waals surface area contributed by atoms with Gasteiger partial charge in [0.05, 0.1) is 28.2 Å². The Labute approximate surface area is 164 Å². The fourth-order valence-corrected chi connectivity index (χ4v) is 4.78. The maximum atomic E-state index is 12.6. The first-order valence-corrected chi connectivity index (χ1v) is 9.49. The van der Waals surface area contributed by atoms with Crippen molar-refractivity contribution in [1.82, 2.24) is 0 Å². The number of carbonyl (C=O) groups is 2. The molecule has 0 saturated carbocycles. The third-order valence-corrected chi connectivity index (χ3v) is 6.02. The number of nitro benzene ring substituents is 1. The number of fused-ring (bicyclic) bond motifs is 1. The van der Waals surface area contributed by atoms with Crippen LogP contribution in [0.1, 0.15) is 44.5 Å². The molecule has 1 aromatic carbocycles. The van der Waals surface area contributed by atoms with Crippen LogP contribution >= 0.6 is 22.9 Å². The van der Waals surface area contributed by atoms with Crippen LogP contribution in [0.15, 0.2) is 18.2 Å². The van der Waals surface area contributed by atoms with E-state index in [4.69, 9.17) is 16.3 Å². The molecule has 0 spiro atoms. The molecule has 1 heterocycles. The lowest BCUT2D eigenvalue weighted by atomic mass is 9.88. The Bertz CT molecular complexity index is 940. The molecule has 1 aliphatic rings. The van der Waals surface area contributed by atoms with E-state index in [1.54, 1.807) is 0 Å². The van der Waals surface area contributed by atoms with Crippen LogP contribution in [-0.4, -0.2) is 23.9 Å². The van der Waals surface area contributed by atoms with Crippen molar-refractivity contribution in [3.63, 3.8) is 0 Å². The minimum atomic E-state index is -0.586. The molecule has 0 fully saturated rings. The summed E-state index contributed by atoms with van der Waals surface area (Å²) in [6.45, 7) is 2.15. The summed E-state index contributed by atoms with van der Waals surface area (Å²) in [5, 5.41) is 13.9. The maximum Gasteiger partial charge on any atom is 0.341 e. The lowest BCUT2D eigenvalue weighted by molar-refractivity contribution is -0.384. The molecule has 1 unspecified atom stereocenters. The van der Waals surface area contributed by atoms with Gasteiger partial charge in [0, 0.05) is 17.0 Å². The standard InChI is InChI=1S/C18H17ClN2O5S/c1-9-3-5-12-14(7-9)27-17(15(12)18(23)26-2)20-16(22)11-6-4-10(21(24)25)8-13(11)19/h4,6,8-9H,3,5,7H2,1-2H3,(H,20,22). The quantitative estimate of drug-likeness (QED) is 0.457. The monoisotopic (exact) mass is 408 g/mol. The van der Waals surface area contributed by atoms with Crippen LogP contribution in [0, 0.1) is 16.0 Å². The molecule has 142 valence electrons. The van der Waals surface area contributed by atoms with Gasteiger partial charge in [0.2, 0.25) is 0 Å². The molecule has 7 nitrogen and oxygen atoms in total. The van der Waals surface area contributed by atoms with E-state index in [1.807, 2.05) is 0 Å². The van der Waals surface area contributed by atoms with Crippen molar-refractivity contribution < 1.29 is 19.2 Å². The Hall–Kier alpha value is -2.45. The average molecular weight is 409 g/mol. The van der Waals surface area contributed by atoms with Crippen molar-refractivity contribution in [1.29, 1.82) is 0 Å². The topological polar surface area (TPSA) is 98.5 Å². The summed E-state index contributed by atoms with van der Waals surface area (Å²) in [5.41, 5.74) is 1.20. The second kappa shape index (κ2) is 7.66. The minimum Gasteiger partial charge on any atom is -0.465 e. The SMILES string of the molecule is COC(=O)c1c(NC(=O)c2ccc([N+](=O)[O-])cc2Cl)sc2c1CCC(C)C2. The van der Waals surface area contributed by atoms with Gasteiger partial charge in [0.1, 0.15) is 5.00 Å². The Morgan fingerprint density at radius 3 is 2.78 bits per heavy atom. The number of carbonyl (C=O) groups excluding carboxylic acids is 2. The summed E-state index contributed by atoms with van der Waals surface area (Å²) in [4.78, 5) is 36.2. The Morgan fingerprint density at radius 1 is 1.41 bits per heavy atom. The second-order valence-electron chi connectivity index (χ2n) is 6.42. The Kier molecular flexibility index (Phi) is 5.48. The molecule has 0 aliphatic heterocycles. The Morgan fingerprint density at radius 2 is 2.15 bits per heavy atom. The number of halogens is 1. The van der Waals surface area contributed by atoms with Gasteiger partial charge in [-0.1, -0.05) is 18.5 Å². The Balaban J connectivity index is 1.94. The first-order valence-electron chi connectivity index (χ1n) is 8.30. The van der Waals surface area contributed by atoms with Gasteiger partial charge in [-0.2, -0.15) is 0 Å². The first kappa shape index (κ1) is 19.3. The van der Waals surface area contributed by atoms with E-state index in [9.17, 15) is 19.7 Å². The van der Waals surface area contributed by atoms with Crippen molar-refractivity contribution in [3.05, 3.63) is 54.9 Å². The summed E-state index contributed by atoms with van der Waals surface area (Å²) in [5.74, 6) is -0.520. The van der Waals surface area contributed by atoms with Crippen LogP contribution in [0.3, 0.4) is 0 Å². The summed E-state index contributed by atoms with van der Waals surface area (Å²) < 4.78 is 4.90. The van der Waals surface area contributed by atoms with Crippen LogP contribution < -0.4 is 5.32 Å². The van der Waals surface area contributed by atoms with E-state index in [-0.39, 0.29) is 16.3 Å². The highest BCUT2D eigenvalue weighted by Crippen LogP contribution is 2.40. The third kappa shape index (κ3) is 3.81.